The van der Waals surface area contributed by atoms with Crippen LogP contribution in [0.5, 0.6) is 5.88 Å². The zero-order chi connectivity index (χ0) is 16.3. The molecular weight excluding hydrogens is 306 g/mol. The van der Waals surface area contributed by atoms with Crippen molar-refractivity contribution < 1.29 is 14.3 Å². The molecule has 0 spiro atoms. The van der Waals surface area contributed by atoms with Crippen molar-refractivity contribution in [2.45, 2.75) is 6.92 Å². The highest BCUT2D eigenvalue weighted by Crippen LogP contribution is 2.17. The molecule has 0 saturated carbocycles. The van der Waals surface area contributed by atoms with Crippen LogP contribution in [-0.4, -0.2) is 52.2 Å². The lowest BCUT2D eigenvalue weighted by Crippen LogP contribution is -2.35. The Morgan fingerprint density at radius 1 is 1.50 bits per heavy atom. The highest BCUT2D eigenvalue weighted by molar-refractivity contribution is 7.13. The summed E-state index contributed by atoms with van der Waals surface area (Å²) in [6.45, 7) is 1.76. The number of thiazole rings is 1. The molecule has 118 valence electrons. The van der Waals surface area contributed by atoms with Gasteiger partial charge in [0.1, 0.15) is 5.56 Å². The average Bonchev–Trinajstić information content (AvgIpc) is 3.03. The van der Waals surface area contributed by atoms with E-state index in [1.54, 1.807) is 20.3 Å². The van der Waals surface area contributed by atoms with Crippen LogP contribution in [0.15, 0.2) is 11.6 Å². The van der Waals surface area contributed by atoms with Gasteiger partial charge in [0.05, 0.1) is 19.3 Å². The maximum absolute atomic E-state index is 12.3. The van der Waals surface area contributed by atoms with Crippen LogP contribution in [0.2, 0.25) is 0 Å². The van der Waals surface area contributed by atoms with Gasteiger partial charge >= 0.3 is 0 Å². The highest BCUT2D eigenvalue weighted by Gasteiger charge is 2.21. The summed E-state index contributed by atoms with van der Waals surface area (Å²) in [5.41, 5.74) is 1.15. The molecule has 0 radical (unpaired) electrons. The number of aryl methyl sites for hydroxylation is 2. The maximum atomic E-state index is 12.3. The number of carbonyl (C=O) groups excluding carboxylic acids is 2. The predicted molar refractivity (Wildman–Crippen MR) is 82.2 cm³/mol. The fraction of sp³-hybridized carbons (Fsp3) is 0.385. The van der Waals surface area contributed by atoms with Gasteiger partial charge < -0.3 is 15.0 Å². The number of methoxy groups -OCH3 is 1. The van der Waals surface area contributed by atoms with E-state index in [-0.39, 0.29) is 24.2 Å². The third-order valence-corrected chi connectivity index (χ3v) is 3.69. The summed E-state index contributed by atoms with van der Waals surface area (Å²) < 4.78 is 6.54. The van der Waals surface area contributed by atoms with Crippen LogP contribution in [-0.2, 0) is 11.8 Å². The fourth-order valence-corrected chi connectivity index (χ4v) is 2.53. The Kier molecular flexibility index (Phi) is 4.76. The first-order chi connectivity index (χ1) is 10.4. The standard InChI is InChI=1S/C13H17N5O3S/c1-8-7-22-13(14-8)15-10(19)6-17(2)12(20)9-5-18(3)16-11(9)21-4/h5,7H,6H2,1-4H3,(H,14,15,19). The summed E-state index contributed by atoms with van der Waals surface area (Å²) in [6, 6.07) is 0. The highest BCUT2D eigenvalue weighted by atomic mass is 32.1. The second-order valence-electron chi connectivity index (χ2n) is 4.73. The van der Waals surface area contributed by atoms with Crippen molar-refractivity contribution in [1.82, 2.24) is 19.7 Å². The molecule has 0 atom stereocenters. The van der Waals surface area contributed by atoms with E-state index in [9.17, 15) is 9.59 Å². The van der Waals surface area contributed by atoms with E-state index in [0.29, 0.717) is 10.7 Å². The molecule has 9 heteroatoms. The van der Waals surface area contributed by atoms with Gasteiger partial charge in [-0.05, 0) is 6.92 Å². The van der Waals surface area contributed by atoms with Crippen LogP contribution in [0.3, 0.4) is 0 Å². The van der Waals surface area contributed by atoms with Crippen molar-refractivity contribution in [3.05, 3.63) is 22.8 Å². The van der Waals surface area contributed by atoms with Crippen LogP contribution in [0.1, 0.15) is 16.1 Å². The van der Waals surface area contributed by atoms with E-state index < -0.39 is 0 Å². The van der Waals surface area contributed by atoms with E-state index in [1.807, 2.05) is 12.3 Å². The van der Waals surface area contributed by atoms with Crippen molar-refractivity contribution >= 4 is 28.3 Å². The quantitative estimate of drug-likeness (QED) is 0.883. The molecule has 2 rings (SSSR count). The Morgan fingerprint density at radius 3 is 2.82 bits per heavy atom. The molecule has 0 bridgehead atoms. The van der Waals surface area contributed by atoms with E-state index in [0.717, 1.165) is 5.69 Å². The van der Waals surface area contributed by atoms with Crippen LogP contribution >= 0.6 is 11.3 Å². The number of amides is 2. The normalized spacial score (nSPS) is 10.4. The Balaban J connectivity index is 2.00. The number of anilines is 1. The lowest BCUT2D eigenvalue weighted by Gasteiger charge is -2.15. The lowest BCUT2D eigenvalue weighted by atomic mass is 10.3. The summed E-state index contributed by atoms with van der Waals surface area (Å²) in [5.74, 6) is -0.418. The molecular formula is C13H17N5O3S. The molecule has 0 fully saturated rings. The van der Waals surface area contributed by atoms with Crippen LogP contribution in [0.4, 0.5) is 5.13 Å². The van der Waals surface area contributed by atoms with Gasteiger partial charge in [-0.15, -0.1) is 16.4 Å². The zero-order valence-corrected chi connectivity index (χ0v) is 13.6. The van der Waals surface area contributed by atoms with E-state index >= 15 is 0 Å². The van der Waals surface area contributed by atoms with Gasteiger partial charge in [0.2, 0.25) is 11.8 Å². The number of ether oxygens (including phenoxy) is 1. The number of hydrogen-bond donors (Lipinski definition) is 1. The average molecular weight is 323 g/mol. The molecule has 2 aromatic rings. The summed E-state index contributed by atoms with van der Waals surface area (Å²) >= 11 is 1.34. The second kappa shape index (κ2) is 6.56. The molecule has 0 saturated heterocycles. The number of nitrogens with one attached hydrogen (secondary N) is 1. The third-order valence-electron chi connectivity index (χ3n) is 2.81. The summed E-state index contributed by atoms with van der Waals surface area (Å²) in [4.78, 5) is 29.7. The Hall–Kier alpha value is -2.42. The molecule has 2 heterocycles. The van der Waals surface area contributed by atoms with Crippen LogP contribution in [0.25, 0.3) is 0 Å². The molecule has 2 aromatic heterocycles. The number of rotatable bonds is 5. The van der Waals surface area contributed by atoms with Crippen molar-refractivity contribution in [3.8, 4) is 5.88 Å². The maximum Gasteiger partial charge on any atom is 0.261 e. The van der Waals surface area contributed by atoms with Gasteiger partial charge in [0.25, 0.3) is 5.91 Å². The summed E-state index contributed by atoms with van der Waals surface area (Å²) in [6.07, 6.45) is 1.56. The molecule has 1 N–H and O–H groups in total. The Labute approximate surface area is 131 Å². The minimum absolute atomic E-state index is 0.0878. The van der Waals surface area contributed by atoms with Crippen molar-refractivity contribution in [3.63, 3.8) is 0 Å². The first kappa shape index (κ1) is 16.0. The molecule has 8 nitrogen and oxygen atoms in total. The number of carbonyl (C=O) groups is 2. The molecule has 0 unspecified atom stereocenters. The fourth-order valence-electron chi connectivity index (χ4n) is 1.83. The zero-order valence-electron chi connectivity index (χ0n) is 12.8. The number of aromatic nitrogens is 3. The third kappa shape index (κ3) is 3.61. The van der Waals surface area contributed by atoms with Gasteiger partial charge in [-0.3, -0.25) is 14.3 Å². The molecule has 0 aliphatic carbocycles. The first-order valence-corrected chi connectivity index (χ1v) is 7.33. The SMILES string of the molecule is COc1nn(C)cc1C(=O)N(C)CC(=O)Nc1nc(C)cs1. The Morgan fingerprint density at radius 2 is 2.23 bits per heavy atom. The topological polar surface area (TPSA) is 89.4 Å². The molecule has 2 amide bonds. The molecule has 0 aromatic carbocycles. The summed E-state index contributed by atoms with van der Waals surface area (Å²) in [5, 5.41) is 9.03. The van der Waals surface area contributed by atoms with Crippen molar-refractivity contribution in [1.29, 1.82) is 0 Å². The van der Waals surface area contributed by atoms with Gasteiger partial charge in [-0.2, -0.15) is 0 Å². The van der Waals surface area contributed by atoms with Crippen LogP contribution < -0.4 is 10.1 Å². The largest absolute Gasteiger partial charge is 0.479 e. The van der Waals surface area contributed by atoms with Gasteiger partial charge in [-0.1, -0.05) is 0 Å². The van der Waals surface area contributed by atoms with Crippen molar-refractivity contribution in [2.75, 3.05) is 26.0 Å². The Bertz CT molecular complexity index is 694. The predicted octanol–water partition coefficient (Wildman–Crippen LogP) is 0.904. The number of likely N-dealkylation sites (N-methyl/N-ethyl adjacent to an activating group) is 1. The molecule has 22 heavy (non-hydrogen) atoms. The minimum Gasteiger partial charge on any atom is -0.479 e. The van der Waals surface area contributed by atoms with Crippen molar-refractivity contribution in [2.24, 2.45) is 7.05 Å². The number of nitrogens with zero attached hydrogens (tertiary/aromatic N) is 4. The minimum atomic E-state index is -0.338. The first-order valence-electron chi connectivity index (χ1n) is 6.45. The summed E-state index contributed by atoms with van der Waals surface area (Å²) in [7, 11) is 4.68. The lowest BCUT2D eigenvalue weighted by molar-refractivity contribution is -0.116. The van der Waals surface area contributed by atoms with Gasteiger partial charge in [-0.25, -0.2) is 4.98 Å². The second-order valence-corrected chi connectivity index (χ2v) is 5.59. The molecule has 0 aliphatic rings. The van der Waals surface area contributed by atoms with E-state index in [4.69, 9.17) is 4.74 Å². The van der Waals surface area contributed by atoms with Crippen LogP contribution in [0, 0.1) is 6.92 Å². The van der Waals surface area contributed by atoms with E-state index in [2.05, 4.69) is 15.4 Å². The monoisotopic (exact) mass is 323 g/mol. The molecule has 0 aliphatic heterocycles. The van der Waals surface area contributed by atoms with Gasteiger partial charge in [0, 0.05) is 25.7 Å². The van der Waals surface area contributed by atoms with Gasteiger partial charge in [0.15, 0.2) is 5.13 Å². The van der Waals surface area contributed by atoms with E-state index in [1.165, 1.54) is 28.0 Å². The number of hydrogen-bond acceptors (Lipinski definition) is 6. The smallest absolute Gasteiger partial charge is 0.261 e.